The Hall–Kier alpha value is -2.44. The van der Waals surface area contributed by atoms with Crippen LogP contribution in [0.2, 0.25) is 0 Å². The molecule has 0 unspecified atom stereocenters. The first-order chi connectivity index (χ1) is 11.8. The molecule has 0 bridgehead atoms. The summed E-state index contributed by atoms with van der Waals surface area (Å²) >= 11 is 0. The largest absolute Gasteiger partial charge is 0.482 e. The van der Waals surface area contributed by atoms with Crippen LogP contribution >= 0.6 is 0 Å². The van der Waals surface area contributed by atoms with Gasteiger partial charge in [0.05, 0.1) is 0 Å². The number of benzene rings is 1. The third-order valence-corrected chi connectivity index (χ3v) is 3.61. The second-order valence-corrected chi connectivity index (χ2v) is 6.39. The Balaban J connectivity index is 1.87. The zero-order valence-electron chi connectivity index (χ0n) is 14.5. The standard InChI is InChI=1S/C18H22F2N2O3/c1-11(2)4-5-12(3)21-18(23)16-9-14(25-22-16)10-24-17-7-6-13(19)8-15(17)20/h6-9,11-12H,4-5,10H2,1-3H3,(H,21,23)/t12-/m1/s1. The van der Waals surface area contributed by atoms with E-state index in [1.165, 1.54) is 12.1 Å². The van der Waals surface area contributed by atoms with Gasteiger partial charge in [-0.2, -0.15) is 0 Å². The van der Waals surface area contributed by atoms with Gasteiger partial charge in [0.2, 0.25) is 0 Å². The van der Waals surface area contributed by atoms with Gasteiger partial charge in [-0.1, -0.05) is 19.0 Å². The minimum Gasteiger partial charge on any atom is -0.482 e. The summed E-state index contributed by atoms with van der Waals surface area (Å²) in [4.78, 5) is 12.1. The van der Waals surface area contributed by atoms with E-state index in [4.69, 9.17) is 9.26 Å². The van der Waals surface area contributed by atoms with E-state index >= 15 is 0 Å². The molecule has 1 N–H and O–H groups in total. The van der Waals surface area contributed by atoms with Crippen LogP contribution in [0.25, 0.3) is 0 Å². The normalized spacial score (nSPS) is 12.2. The Labute approximate surface area is 145 Å². The van der Waals surface area contributed by atoms with Crippen LogP contribution in [0, 0.1) is 17.6 Å². The van der Waals surface area contributed by atoms with E-state index in [1.807, 2.05) is 6.92 Å². The minimum atomic E-state index is -0.809. The van der Waals surface area contributed by atoms with Crippen molar-refractivity contribution >= 4 is 5.91 Å². The lowest BCUT2D eigenvalue weighted by Gasteiger charge is -2.13. The summed E-state index contributed by atoms with van der Waals surface area (Å²) in [6.45, 7) is 6.07. The van der Waals surface area contributed by atoms with Crippen LogP contribution < -0.4 is 10.1 Å². The van der Waals surface area contributed by atoms with Crippen LogP contribution in [0.4, 0.5) is 8.78 Å². The molecule has 0 radical (unpaired) electrons. The van der Waals surface area contributed by atoms with Gasteiger partial charge in [0.1, 0.15) is 12.4 Å². The zero-order valence-corrected chi connectivity index (χ0v) is 14.5. The third kappa shape index (κ3) is 5.85. The summed E-state index contributed by atoms with van der Waals surface area (Å²) in [7, 11) is 0. The van der Waals surface area contributed by atoms with Crippen LogP contribution in [-0.2, 0) is 6.61 Å². The van der Waals surface area contributed by atoms with E-state index in [9.17, 15) is 13.6 Å². The van der Waals surface area contributed by atoms with E-state index in [0.717, 1.165) is 25.0 Å². The predicted molar refractivity (Wildman–Crippen MR) is 88.2 cm³/mol. The smallest absolute Gasteiger partial charge is 0.273 e. The molecular weight excluding hydrogens is 330 g/mol. The molecule has 2 aromatic rings. The number of hydrogen-bond donors (Lipinski definition) is 1. The molecule has 1 heterocycles. The Morgan fingerprint density at radius 1 is 1.24 bits per heavy atom. The van der Waals surface area contributed by atoms with Crippen molar-refractivity contribution in [1.82, 2.24) is 10.5 Å². The number of hydrogen-bond acceptors (Lipinski definition) is 4. The van der Waals surface area contributed by atoms with Gasteiger partial charge < -0.3 is 14.6 Å². The lowest BCUT2D eigenvalue weighted by molar-refractivity contribution is 0.0927. The van der Waals surface area contributed by atoms with Crippen molar-refractivity contribution in [2.75, 3.05) is 0 Å². The van der Waals surface area contributed by atoms with Crippen LogP contribution in [0.1, 0.15) is 49.9 Å². The molecule has 2 rings (SSSR count). The molecule has 136 valence electrons. The summed E-state index contributed by atoms with van der Waals surface area (Å²) in [5, 5.41) is 6.54. The maximum absolute atomic E-state index is 13.5. The van der Waals surface area contributed by atoms with Gasteiger partial charge in [0.25, 0.3) is 5.91 Å². The minimum absolute atomic E-state index is 0.0274. The van der Waals surface area contributed by atoms with Crippen LogP contribution in [0.3, 0.4) is 0 Å². The van der Waals surface area contributed by atoms with Crippen molar-refractivity contribution in [3.63, 3.8) is 0 Å². The number of rotatable bonds is 8. The average molecular weight is 352 g/mol. The quantitative estimate of drug-likeness (QED) is 0.777. The molecule has 1 amide bonds. The number of nitrogens with one attached hydrogen (secondary N) is 1. The fourth-order valence-corrected chi connectivity index (χ4v) is 2.18. The van der Waals surface area contributed by atoms with Gasteiger partial charge >= 0.3 is 0 Å². The number of amides is 1. The van der Waals surface area contributed by atoms with E-state index in [-0.39, 0.29) is 35.8 Å². The van der Waals surface area contributed by atoms with Gasteiger partial charge in [-0.3, -0.25) is 4.79 Å². The third-order valence-electron chi connectivity index (χ3n) is 3.61. The molecule has 7 heteroatoms. The number of halogens is 2. The molecule has 0 fully saturated rings. The number of nitrogens with zero attached hydrogens (tertiary/aromatic N) is 1. The highest BCUT2D eigenvalue weighted by Crippen LogP contribution is 2.19. The highest BCUT2D eigenvalue weighted by Gasteiger charge is 2.16. The van der Waals surface area contributed by atoms with Crippen molar-refractivity contribution in [1.29, 1.82) is 0 Å². The van der Waals surface area contributed by atoms with Crippen molar-refractivity contribution in [3.8, 4) is 5.75 Å². The van der Waals surface area contributed by atoms with Gasteiger partial charge in [-0.15, -0.1) is 0 Å². The second-order valence-electron chi connectivity index (χ2n) is 6.39. The number of carbonyl (C=O) groups is 1. The molecule has 1 atom stereocenters. The van der Waals surface area contributed by atoms with Crippen molar-refractivity contribution < 1.29 is 22.8 Å². The highest BCUT2D eigenvalue weighted by molar-refractivity contribution is 5.92. The monoisotopic (exact) mass is 352 g/mol. The van der Waals surface area contributed by atoms with Crippen molar-refractivity contribution in [2.24, 2.45) is 5.92 Å². The summed E-state index contributed by atoms with van der Waals surface area (Å²) in [6, 6.07) is 4.47. The molecular formula is C18H22F2N2O3. The molecule has 0 spiro atoms. The number of carbonyl (C=O) groups excluding carboxylic acids is 1. The van der Waals surface area contributed by atoms with Crippen LogP contribution in [0.5, 0.6) is 5.75 Å². The average Bonchev–Trinajstić information content (AvgIpc) is 3.01. The van der Waals surface area contributed by atoms with Gasteiger partial charge in [-0.05, 0) is 37.8 Å². The Bertz CT molecular complexity index is 716. The van der Waals surface area contributed by atoms with E-state index in [1.54, 1.807) is 0 Å². The SMILES string of the molecule is CC(C)CC[C@@H](C)NC(=O)c1cc(COc2ccc(F)cc2F)on1. The summed E-state index contributed by atoms with van der Waals surface area (Å²) < 4.78 is 36.5. The Morgan fingerprint density at radius 2 is 2.00 bits per heavy atom. The maximum Gasteiger partial charge on any atom is 0.273 e. The first kappa shape index (κ1) is 18.9. The number of ether oxygens (including phenoxy) is 1. The summed E-state index contributed by atoms with van der Waals surface area (Å²) in [5.74, 6) is -1.09. The fraction of sp³-hybridized carbons (Fsp3) is 0.444. The van der Waals surface area contributed by atoms with Gasteiger partial charge in [0, 0.05) is 18.2 Å². The van der Waals surface area contributed by atoms with Gasteiger partial charge in [0.15, 0.2) is 23.0 Å². The lowest BCUT2D eigenvalue weighted by atomic mass is 10.0. The molecule has 0 aliphatic heterocycles. The highest BCUT2D eigenvalue weighted by atomic mass is 19.1. The number of aromatic nitrogens is 1. The molecule has 5 nitrogen and oxygen atoms in total. The Kier molecular flexibility index (Phi) is 6.50. The fourth-order valence-electron chi connectivity index (χ4n) is 2.18. The van der Waals surface area contributed by atoms with Crippen molar-refractivity contribution in [2.45, 2.75) is 46.3 Å². The van der Waals surface area contributed by atoms with Crippen LogP contribution in [0.15, 0.2) is 28.8 Å². The first-order valence-corrected chi connectivity index (χ1v) is 8.19. The van der Waals surface area contributed by atoms with Crippen molar-refractivity contribution in [3.05, 3.63) is 47.4 Å². The summed E-state index contributed by atoms with van der Waals surface area (Å²) in [6.07, 6.45) is 1.89. The van der Waals surface area contributed by atoms with E-state index in [0.29, 0.717) is 5.92 Å². The lowest BCUT2D eigenvalue weighted by Crippen LogP contribution is -2.32. The topological polar surface area (TPSA) is 64.4 Å². The van der Waals surface area contributed by atoms with Gasteiger partial charge in [-0.25, -0.2) is 8.78 Å². The first-order valence-electron chi connectivity index (χ1n) is 8.19. The van der Waals surface area contributed by atoms with E-state index < -0.39 is 11.6 Å². The predicted octanol–water partition coefficient (Wildman–Crippen LogP) is 4.09. The van der Waals surface area contributed by atoms with E-state index in [2.05, 4.69) is 24.3 Å². The summed E-state index contributed by atoms with van der Waals surface area (Å²) in [5.41, 5.74) is 0.134. The molecule has 0 saturated carbocycles. The molecule has 1 aromatic carbocycles. The maximum atomic E-state index is 13.5. The Morgan fingerprint density at radius 3 is 2.68 bits per heavy atom. The molecule has 0 saturated heterocycles. The second kappa shape index (κ2) is 8.60. The molecule has 0 aliphatic rings. The molecule has 25 heavy (non-hydrogen) atoms. The molecule has 0 aliphatic carbocycles. The van der Waals surface area contributed by atoms with Crippen LogP contribution in [-0.4, -0.2) is 17.1 Å². The molecule has 1 aromatic heterocycles. The zero-order chi connectivity index (χ0) is 18.4.